The summed E-state index contributed by atoms with van der Waals surface area (Å²) in [7, 11) is 0. The summed E-state index contributed by atoms with van der Waals surface area (Å²) < 4.78 is 45.0. The topological polar surface area (TPSA) is 69.6 Å². The SMILES string of the molecule is CC(c1cccc(C(F)(F)F)c1)c1nc(Cn2ccnn2)no1. The lowest BCUT2D eigenvalue weighted by molar-refractivity contribution is -0.137. The number of halogens is 3. The van der Waals surface area contributed by atoms with Gasteiger partial charge >= 0.3 is 6.18 Å². The summed E-state index contributed by atoms with van der Waals surface area (Å²) >= 11 is 0. The molecule has 2 aromatic heterocycles. The van der Waals surface area contributed by atoms with E-state index in [9.17, 15) is 13.2 Å². The third-order valence-electron chi connectivity index (χ3n) is 3.34. The Bertz CT molecular complexity index is 782. The Balaban J connectivity index is 1.81. The average molecular weight is 323 g/mol. The van der Waals surface area contributed by atoms with Crippen LogP contribution in [0.25, 0.3) is 0 Å². The zero-order valence-corrected chi connectivity index (χ0v) is 12.0. The molecule has 1 aromatic carbocycles. The van der Waals surface area contributed by atoms with E-state index in [4.69, 9.17) is 4.52 Å². The molecule has 9 heteroatoms. The molecule has 0 amide bonds. The molecule has 1 atom stereocenters. The monoisotopic (exact) mass is 323 g/mol. The molecule has 0 N–H and O–H groups in total. The first-order valence-corrected chi connectivity index (χ1v) is 6.77. The molecule has 0 fully saturated rings. The van der Waals surface area contributed by atoms with Gasteiger partial charge in [-0.25, -0.2) is 4.68 Å². The fraction of sp³-hybridized carbons (Fsp3) is 0.286. The maximum Gasteiger partial charge on any atom is 0.416 e. The Morgan fingerprint density at radius 1 is 1.30 bits per heavy atom. The van der Waals surface area contributed by atoms with Crippen LogP contribution in [0.2, 0.25) is 0 Å². The lowest BCUT2D eigenvalue weighted by Crippen LogP contribution is -2.07. The van der Waals surface area contributed by atoms with E-state index >= 15 is 0 Å². The van der Waals surface area contributed by atoms with Gasteiger partial charge in [-0.05, 0) is 18.6 Å². The summed E-state index contributed by atoms with van der Waals surface area (Å²) in [6, 6.07) is 5.08. The van der Waals surface area contributed by atoms with Crippen LogP contribution in [0.4, 0.5) is 13.2 Å². The van der Waals surface area contributed by atoms with Crippen molar-refractivity contribution in [3.63, 3.8) is 0 Å². The molecular weight excluding hydrogens is 311 g/mol. The van der Waals surface area contributed by atoms with Crippen molar-refractivity contribution in [3.8, 4) is 0 Å². The molecule has 0 radical (unpaired) electrons. The second-order valence-corrected chi connectivity index (χ2v) is 4.99. The Kier molecular flexibility index (Phi) is 3.85. The van der Waals surface area contributed by atoms with Crippen LogP contribution in [0.5, 0.6) is 0 Å². The van der Waals surface area contributed by atoms with Crippen LogP contribution in [0.15, 0.2) is 41.2 Å². The highest BCUT2D eigenvalue weighted by atomic mass is 19.4. The Labute approximate surface area is 128 Å². The lowest BCUT2D eigenvalue weighted by atomic mass is 9.99. The number of nitrogens with zero attached hydrogens (tertiary/aromatic N) is 5. The van der Waals surface area contributed by atoms with Gasteiger partial charge in [0.15, 0.2) is 5.82 Å². The first-order chi connectivity index (χ1) is 10.9. The van der Waals surface area contributed by atoms with Crippen molar-refractivity contribution in [1.29, 1.82) is 0 Å². The van der Waals surface area contributed by atoms with Crippen LogP contribution in [-0.2, 0) is 12.7 Å². The molecule has 0 aliphatic heterocycles. The molecule has 2 heterocycles. The van der Waals surface area contributed by atoms with Gasteiger partial charge in [-0.2, -0.15) is 18.2 Å². The van der Waals surface area contributed by atoms with Crippen LogP contribution < -0.4 is 0 Å². The second-order valence-electron chi connectivity index (χ2n) is 4.99. The van der Waals surface area contributed by atoms with E-state index in [-0.39, 0.29) is 12.4 Å². The number of alkyl halides is 3. The van der Waals surface area contributed by atoms with Crippen molar-refractivity contribution in [1.82, 2.24) is 25.1 Å². The van der Waals surface area contributed by atoms with Crippen LogP contribution >= 0.6 is 0 Å². The van der Waals surface area contributed by atoms with Crippen molar-refractivity contribution in [3.05, 3.63) is 59.5 Å². The quantitative estimate of drug-likeness (QED) is 0.738. The summed E-state index contributed by atoms with van der Waals surface area (Å²) in [5.41, 5.74) is -0.250. The van der Waals surface area contributed by atoms with Gasteiger partial charge in [0.05, 0.1) is 17.7 Å². The summed E-state index contributed by atoms with van der Waals surface area (Å²) in [5, 5.41) is 11.3. The predicted octanol–water partition coefficient (Wildman–Crippen LogP) is 2.88. The van der Waals surface area contributed by atoms with Gasteiger partial charge in [0.25, 0.3) is 0 Å². The van der Waals surface area contributed by atoms with Crippen molar-refractivity contribution >= 4 is 0 Å². The summed E-state index contributed by atoms with van der Waals surface area (Å²) in [4.78, 5) is 4.21. The van der Waals surface area contributed by atoms with Crippen molar-refractivity contribution in [2.75, 3.05) is 0 Å². The van der Waals surface area contributed by atoms with Crippen LogP contribution in [0.3, 0.4) is 0 Å². The molecule has 0 saturated heterocycles. The van der Waals surface area contributed by atoms with Crippen molar-refractivity contribution in [2.24, 2.45) is 0 Å². The third kappa shape index (κ3) is 3.38. The average Bonchev–Trinajstić information content (AvgIpc) is 3.18. The number of aromatic nitrogens is 5. The lowest BCUT2D eigenvalue weighted by Gasteiger charge is -2.11. The second kappa shape index (κ2) is 5.82. The zero-order valence-electron chi connectivity index (χ0n) is 12.0. The third-order valence-corrected chi connectivity index (χ3v) is 3.34. The summed E-state index contributed by atoms with van der Waals surface area (Å²) in [6.07, 6.45) is -1.22. The van der Waals surface area contributed by atoms with Gasteiger partial charge in [0, 0.05) is 6.20 Å². The van der Waals surface area contributed by atoms with Gasteiger partial charge in [0.2, 0.25) is 5.89 Å². The predicted molar refractivity (Wildman–Crippen MR) is 72.4 cm³/mol. The highest BCUT2D eigenvalue weighted by Gasteiger charge is 2.31. The Morgan fingerprint density at radius 3 is 2.83 bits per heavy atom. The standard InChI is InChI=1S/C14H12F3N5O/c1-9(10-3-2-4-11(7-10)14(15,16)17)13-19-12(20-23-13)8-22-6-5-18-21-22/h2-7,9H,8H2,1H3. The molecule has 23 heavy (non-hydrogen) atoms. The van der Waals surface area contributed by atoms with Crippen molar-refractivity contribution < 1.29 is 17.7 Å². The highest BCUT2D eigenvalue weighted by molar-refractivity contribution is 5.30. The largest absolute Gasteiger partial charge is 0.416 e. The van der Waals surface area contributed by atoms with Crippen LogP contribution in [0, 0.1) is 0 Å². The molecule has 3 aromatic rings. The molecule has 0 saturated carbocycles. The molecule has 0 bridgehead atoms. The van der Waals surface area contributed by atoms with Gasteiger partial charge in [0.1, 0.15) is 6.54 Å². The van der Waals surface area contributed by atoms with E-state index < -0.39 is 17.7 Å². The van der Waals surface area contributed by atoms with Gasteiger partial charge in [-0.1, -0.05) is 28.6 Å². The summed E-state index contributed by atoms with van der Waals surface area (Å²) in [5.74, 6) is 0.179. The van der Waals surface area contributed by atoms with E-state index in [1.54, 1.807) is 19.2 Å². The van der Waals surface area contributed by atoms with Gasteiger partial charge in [-0.15, -0.1) is 5.10 Å². The van der Waals surface area contributed by atoms with E-state index in [2.05, 4.69) is 20.5 Å². The molecule has 3 rings (SSSR count). The van der Waals surface area contributed by atoms with E-state index in [0.717, 1.165) is 12.1 Å². The molecule has 1 unspecified atom stereocenters. The fourth-order valence-electron chi connectivity index (χ4n) is 2.10. The minimum absolute atomic E-state index is 0.249. The highest BCUT2D eigenvalue weighted by Crippen LogP contribution is 2.32. The minimum atomic E-state index is -4.39. The van der Waals surface area contributed by atoms with E-state index in [0.29, 0.717) is 11.4 Å². The summed E-state index contributed by atoms with van der Waals surface area (Å²) in [6.45, 7) is 1.99. The maximum atomic E-state index is 12.8. The molecule has 0 aliphatic carbocycles. The normalized spacial score (nSPS) is 13.2. The number of rotatable bonds is 4. The minimum Gasteiger partial charge on any atom is -0.339 e. The first-order valence-electron chi connectivity index (χ1n) is 6.77. The zero-order chi connectivity index (χ0) is 16.4. The fourth-order valence-corrected chi connectivity index (χ4v) is 2.10. The molecule has 120 valence electrons. The number of hydrogen-bond donors (Lipinski definition) is 0. The molecular formula is C14H12F3N5O. The maximum absolute atomic E-state index is 12.8. The molecule has 0 aliphatic rings. The molecule has 0 spiro atoms. The van der Waals surface area contributed by atoms with Crippen molar-refractivity contribution in [2.45, 2.75) is 25.6 Å². The Hall–Kier alpha value is -2.71. The van der Waals surface area contributed by atoms with Gasteiger partial charge in [-0.3, -0.25) is 0 Å². The number of benzene rings is 1. The first kappa shape index (κ1) is 15.2. The van der Waals surface area contributed by atoms with Crippen LogP contribution in [-0.4, -0.2) is 25.1 Å². The smallest absolute Gasteiger partial charge is 0.339 e. The molecule has 6 nitrogen and oxygen atoms in total. The number of hydrogen-bond acceptors (Lipinski definition) is 5. The van der Waals surface area contributed by atoms with Gasteiger partial charge < -0.3 is 4.52 Å². The Morgan fingerprint density at radius 2 is 2.13 bits per heavy atom. The van der Waals surface area contributed by atoms with Crippen LogP contribution in [0.1, 0.15) is 35.7 Å². The van der Waals surface area contributed by atoms with E-state index in [1.807, 2.05) is 0 Å². The van der Waals surface area contributed by atoms with E-state index in [1.165, 1.54) is 16.9 Å².